The first kappa shape index (κ1) is 15.2. The number of carbonyl (C=O) groups is 1. The van der Waals surface area contributed by atoms with E-state index in [0.29, 0.717) is 18.0 Å². The molecule has 0 aliphatic heterocycles. The zero-order valence-electron chi connectivity index (χ0n) is 12.4. The van der Waals surface area contributed by atoms with Gasteiger partial charge in [0.2, 0.25) is 0 Å². The molecule has 0 spiro atoms. The lowest BCUT2D eigenvalue weighted by Crippen LogP contribution is -2.27. The molecule has 0 atom stereocenters. The Morgan fingerprint density at radius 2 is 1.74 bits per heavy atom. The maximum Gasteiger partial charge on any atom is 0.263 e. The van der Waals surface area contributed by atoms with Gasteiger partial charge >= 0.3 is 0 Å². The molecule has 1 amide bonds. The van der Waals surface area contributed by atoms with Crippen molar-refractivity contribution in [2.45, 2.75) is 0 Å². The second kappa shape index (κ2) is 7.56. The average Bonchev–Trinajstić information content (AvgIpc) is 3.10. The van der Waals surface area contributed by atoms with Crippen LogP contribution >= 0.6 is 11.3 Å². The summed E-state index contributed by atoms with van der Waals surface area (Å²) in [5, 5.41) is 3.68. The van der Waals surface area contributed by atoms with Crippen LogP contribution in [0.5, 0.6) is 5.75 Å². The van der Waals surface area contributed by atoms with Gasteiger partial charge in [0.1, 0.15) is 22.2 Å². The van der Waals surface area contributed by atoms with Crippen LogP contribution in [-0.2, 0) is 0 Å². The van der Waals surface area contributed by atoms with Gasteiger partial charge in [-0.05, 0) is 12.1 Å². The van der Waals surface area contributed by atoms with E-state index in [-0.39, 0.29) is 5.91 Å². The molecule has 2 aromatic carbocycles. The smallest absolute Gasteiger partial charge is 0.263 e. The Kier molecular flexibility index (Phi) is 5.01. The van der Waals surface area contributed by atoms with Crippen LogP contribution in [0.25, 0.3) is 10.6 Å². The molecule has 1 aromatic heterocycles. The number of thiazole rings is 1. The van der Waals surface area contributed by atoms with E-state index < -0.39 is 0 Å². The summed E-state index contributed by atoms with van der Waals surface area (Å²) in [6.45, 7) is 0.881. The number of amides is 1. The van der Waals surface area contributed by atoms with Crippen molar-refractivity contribution in [2.24, 2.45) is 0 Å². The van der Waals surface area contributed by atoms with Gasteiger partial charge < -0.3 is 10.1 Å². The number of rotatable bonds is 6. The molecule has 3 aromatic rings. The minimum atomic E-state index is -0.124. The molecular formula is C18H16N2O2S. The Hall–Kier alpha value is -2.66. The van der Waals surface area contributed by atoms with Crippen molar-refractivity contribution in [1.29, 1.82) is 0 Å². The van der Waals surface area contributed by atoms with Crippen LogP contribution in [-0.4, -0.2) is 24.0 Å². The summed E-state index contributed by atoms with van der Waals surface area (Å²) in [7, 11) is 0. The number of nitrogens with one attached hydrogen (secondary N) is 1. The van der Waals surface area contributed by atoms with E-state index >= 15 is 0 Å². The SMILES string of the molecule is O=C(NCCOc1ccccc1)c1cnc(-c2ccccc2)s1. The molecule has 23 heavy (non-hydrogen) atoms. The summed E-state index contributed by atoms with van der Waals surface area (Å²) >= 11 is 1.38. The van der Waals surface area contributed by atoms with E-state index in [2.05, 4.69) is 10.3 Å². The lowest BCUT2D eigenvalue weighted by atomic mass is 10.2. The van der Waals surface area contributed by atoms with E-state index in [9.17, 15) is 4.79 Å². The number of hydrogen-bond acceptors (Lipinski definition) is 4. The molecular weight excluding hydrogens is 308 g/mol. The highest BCUT2D eigenvalue weighted by atomic mass is 32.1. The summed E-state index contributed by atoms with van der Waals surface area (Å²) in [6.07, 6.45) is 1.61. The van der Waals surface area contributed by atoms with Crippen LogP contribution in [0.2, 0.25) is 0 Å². The topological polar surface area (TPSA) is 51.2 Å². The first-order valence-corrected chi connectivity index (χ1v) is 8.12. The van der Waals surface area contributed by atoms with Gasteiger partial charge in [0.05, 0.1) is 12.7 Å². The predicted molar refractivity (Wildman–Crippen MR) is 91.8 cm³/mol. The highest BCUT2D eigenvalue weighted by molar-refractivity contribution is 7.16. The molecule has 5 heteroatoms. The van der Waals surface area contributed by atoms with Crippen LogP contribution in [0.4, 0.5) is 0 Å². The zero-order chi connectivity index (χ0) is 15.9. The number of hydrogen-bond donors (Lipinski definition) is 1. The van der Waals surface area contributed by atoms with Crippen LogP contribution in [0.3, 0.4) is 0 Å². The quantitative estimate of drug-likeness (QED) is 0.705. The summed E-state index contributed by atoms with van der Waals surface area (Å²) in [4.78, 5) is 17.0. The van der Waals surface area contributed by atoms with E-state index in [1.807, 2.05) is 60.7 Å². The van der Waals surface area contributed by atoms with Gasteiger partial charge in [0.25, 0.3) is 5.91 Å². The normalized spacial score (nSPS) is 10.3. The zero-order valence-corrected chi connectivity index (χ0v) is 13.3. The summed E-state index contributed by atoms with van der Waals surface area (Å²) in [5.41, 5.74) is 1.02. The monoisotopic (exact) mass is 324 g/mol. The van der Waals surface area contributed by atoms with E-state index in [1.165, 1.54) is 11.3 Å². The Morgan fingerprint density at radius 3 is 2.48 bits per heavy atom. The van der Waals surface area contributed by atoms with Crippen LogP contribution in [0, 0.1) is 0 Å². The van der Waals surface area contributed by atoms with Gasteiger partial charge in [0.15, 0.2) is 0 Å². The number of carbonyl (C=O) groups excluding carboxylic acids is 1. The fourth-order valence-corrected chi connectivity index (χ4v) is 2.87. The molecule has 1 heterocycles. The first-order valence-electron chi connectivity index (χ1n) is 7.30. The van der Waals surface area contributed by atoms with Crippen molar-refractivity contribution in [3.8, 4) is 16.3 Å². The molecule has 4 nitrogen and oxygen atoms in total. The second-order valence-electron chi connectivity index (χ2n) is 4.81. The second-order valence-corrected chi connectivity index (χ2v) is 5.84. The number of para-hydroxylation sites is 1. The van der Waals surface area contributed by atoms with Crippen LogP contribution in [0.1, 0.15) is 9.67 Å². The minimum Gasteiger partial charge on any atom is -0.492 e. The van der Waals surface area contributed by atoms with Crippen LogP contribution < -0.4 is 10.1 Å². The number of nitrogens with zero attached hydrogens (tertiary/aromatic N) is 1. The largest absolute Gasteiger partial charge is 0.492 e. The summed E-state index contributed by atoms with van der Waals surface area (Å²) in [5.74, 6) is 0.673. The van der Waals surface area contributed by atoms with E-state index in [0.717, 1.165) is 16.3 Å². The molecule has 0 saturated heterocycles. The highest BCUT2D eigenvalue weighted by Crippen LogP contribution is 2.24. The van der Waals surface area contributed by atoms with E-state index in [1.54, 1.807) is 6.20 Å². The molecule has 0 unspecified atom stereocenters. The van der Waals surface area contributed by atoms with Gasteiger partial charge in [-0.25, -0.2) is 4.98 Å². The lowest BCUT2D eigenvalue weighted by Gasteiger charge is -2.06. The Balaban J connectivity index is 1.50. The molecule has 0 radical (unpaired) electrons. The predicted octanol–water partition coefficient (Wildman–Crippen LogP) is 3.62. The first-order chi connectivity index (χ1) is 11.3. The van der Waals surface area contributed by atoms with Gasteiger partial charge in [-0.2, -0.15) is 0 Å². The van der Waals surface area contributed by atoms with Crippen molar-refractivity contribution in [3.63, 3.8) is 0 Å². The molecule has 0 aliphatic carbocycles. The minimum absolute atomic E-state index is 0.124. The molecule has 0 aliphatic rings. The molecule has 116 valence electrons. The highest BCUT2D eigenvalue weighted by Gasteiger charge is 2.11. The third-order valence-corrected chi connectivity index (χ3v) is 4.19. The third kappa shape index (κ3) is 4.17. The fraction of sp³-hybridized carbons (Fsp3) is 0.111. The van der Waals surface area contributed by atoms with Crippen molar-refractivity contribution < 1.29 is 9.53 Å². The molecule has 0 fully saturated rings. The standard InChI is InChI=1S/C18H16N2O2S/c21-17(19-11-12-22-15-9-5-2-6-10-15)16-13-20-18(23-16)14-7-3-1-4-8-14/h1-10,13H,11-12H2,(H,19,21). The maximum atomic E-state index is 12.1. The Labute approximate surface area is 138 Å². The summed E-state index contributed by atoms with van der Waals surface area (Å²) in [6, 6.07) is 19.4. The Bertz CT molecular complexity index is 757. The Morgan fingerprint density at radius 1 is 1.04 bits per heavy atom. The van der Waals surface area contributed by atoms with Gasteiger partial charge in [0, 0.05) is 5.56 Å². The van der Waals surface area contributed by atoms with Gasteiger partial charge in [-0.1, -0.05) is 48.5 Å². The number of benzene rings is 2. The van der Waals surface area contributed by atoms with Crippen molar-refractivity contribution in [3.05, 3.63) is 71.7 Å². The average molecular weight is 324 g/mol. The van der Waals surface area contributed by atoms with Gasteiger partial charge in [-0.3, -0.25) is 4.79 Å². The third-order valence-electron chi connectivity index (χ3n) is 3.15. The van der Waals surface area contributed by atoms with Gasteiger partial charge in [-0.15, -0.1) is 11.3 Å². The fourth-order valence-electron chi connectivity index (χ4n) is 2.03. The number of ether oxygens (including phenoxy) is 1. The molecule has 0 bridgehead atoms. The van der Waals surface area contributed by atoms with Crippen molar-refractivity contribution in [2.75, 3.05) is 13.2 Å². The summed E-state index contributed by atoms with van der Waals surface area (Å²) < 4.78 is 5.54. The van der Waals surface area contributed by atoms with Crippen molar-refractivity contribution >= 4 is 17.2 Å². The number of aromatic nitrogens is 1. The maximum absolute atomic E-state index is 12.1. The lowest BCUT2D eigenvalue weighted by molar-refractivity contribution is 0.0951. The molecule has 1 N–H and O–H groups in total. The molecule has 3 rings (SSSR count). The van der Waals surface area contributed by atoms with E-state index in [4.69, 9.17) is 4.74 Å². The molecule has 0 saturated carbocycles. The van der Waals surface area contributed by atoms with Crippen LogP contribution in [0.15, 0.2) is 66.9 Å². The van der Waals surface area contributed by atoms with Crippen molar-refractivity contribution in [1.82, 2.24) is 10.3 Å².